The Kier molecular flexibility index (Phi) is 3.43. The molecule has 1 atom stereocenters. The van der Waals surface area contributed by atoms with E-state index in [4.69, 9.17) is 5.73 Å². The fourth-order valence-electron chi connectivity index (χ4n) is 1.63. The summed E-state index contributed by atoms with van der Waals surface area (Å²) >= 11 is 2.00. The van der Waals surface area contributed by atoms with E-state index in [-0.39, 0.29) is 0 Å². The van der Waals surface area contributed by atoms with E-state index < -0.39 is 0 Å². The quantitative estimate of drug-likeness (QED) is 0.826. The molecule has 0 aliphatic carbocycles. The van der Waals surface area contributed by atoms with Gasteiger partial charge >= 0.3 is 0 Å². The summed E-state index contributed by atoms with van der Waals surface area (Å²) in [6.07, 6.45) is 4.84. The minimum Gasteiger partial charge on any atom is -0.340 e. The van der Waals surface area contributed by atoms with E-state index in [1.807, 2.05) is 11.8 Å². The average Bonchev–Trinajstić information content (AvgIpc) is 2.82. The minimum absolute atomic E-state index is 0.503. The van der Waals surface area contributed by atoms with Crippen LogP contribution in [0.5, 0.6) is 0 Å². The maximum atomic E-state index is 5.50. The van der Waals surface area contributed by atoms with Gasteiger partial charge in [0, 0.05) is 43.3 Å². The summed E-state index contributed by atoms with van der Waals surface area (Å²) in [6, 6.07) is 0.582. The second-order valence-corrected chi connectivity index (χ2v) is 4.87. The number of anilines is 1. The van der Waals surface area contributed by atoms with Crippen LogP contribution in [-0.2, 0) is 6.54 Å². The average molecular weight is 224 g/mol. The highest BCUT2D eigenvalue weighted by molar-refractivity contribution is 7.99. The van der Waals surface area contributed by atoms with Crippen LogP contribution >= 0.6 is 11.8 Å². The Morgan fingerprint density at radius 3 is 2.80 bits per heavy atom. The highest BCUT2D eigenvalue weighted by Crippen LogP contribution is 2.23. The Labute approximate surface area is 94.3 Å². The van der Waals surface area contributed by atoms with Gasteiger partial charge in [0.15, 0.2) is 0 Å². The van der Waals surface area contributed by atoms with Gasteiger partial charge in [-0.25, -0.2) is 9.97 Å². The standard InChI is InChI=1S/C10H16N4S/c1-14(9-2-3-15-7-9)10-12-5-8(4-11)6-13-10/h5-6,9H,2-4,7,11H2,1H3. The number of aromatic nitrogens is 2. The monoisotopic (exact) mass is 224 g/mol. The van der Waals surface area contributed by atoms with Crippen molar-refractivity contribution < 1.29 is 0 Å². The van der Waals surface area contributed by atoms with Crippen LogP contribution in [0.4, 0.5) is 5.95 Å². The first-order valence-corrected chi connectivity index (χ1v) is 6.28. The van der Waals surface area contributed by atoms with Crippen molar-refractivity contribution in [3.63, 3.8) is 0 Å². The molecule has 1 fully saturated rings. The van der Waals surface area contributed by atoms with Gasteiger partial charge in [-0.1, -0.05) is 0 Å². The van der Waals surface area contributed by atoms with Crippen molar-refractivity contribution in [2.45, 2.75) is 19.0 Å². The molecule has 0 radical (unpaired) electrons. The molecule has 82 valence electrons. The van der Waals surface area contributed by atoms with Crippen molar-refractivity contribution >= 4 is 17.7 Å². The maximum absolute atomic E-state index is 5.50. The predicted molar refractivity (Wildman–Crippen MR) is 64.1 cm³/mol. The van der Waals surface area contributed by atoms with Gasteiger partial charge in [-0.3, -0.25) is 0 Å². The molecule has 0 amide bonds. The zero-order valence-electron chi connectivity index (χ0n) is 8.89. The van der Waals surface area contributed by atoms with Crippen LogP contribution in [0.3, 0.4) is 0 Å². The topological polar surface area (TPSA) is 55.0 Å². The largest absolute Gasteiger partial charge is 0.340 e. The first-order chi connectivity index (χ1) is 7.31. The molecule has 5 heteroatoms. The molecular formula is C10H16N4S. The molecule has 4 nitrogen and oxygen atoms in total. The molecule has 1 saturated heterocycles. The number of hydrogen-bond donors (Lipinski definition) is 1. The van der Waals surface area contributed by atoms with Crippen LogP contribution in [0.15, 0.2) is 12.4 Å². The Balaban J connectivity index is 2.07. The molecule has 1 unspecified atom stereocenters. The first kappa shape index (κ1) is 10.7. The van der Waals surface area contributed by atoms with Crippen molar-refractivity contribution in [2.24, 2.45) is 5.73 Å². The summed E-state index contributed by atoms with van der Waals surface area (Å²) in [5, 5.41) is 0. The number of rotatable bonds is 3. The van der Waals surface area contributed by atoms with Crippen LogP contribution in [0.25, 0.3) is 0 Å². The van der Waals surface area contributed by atoms with Crippen molar-refractivity contribution in [3.8, 4) is 0 Å². The van der Waals surface area contributed by atoms with E-state index in [0.717, 1.165) is 11.5 Å². The van der Waals surface area contributed by atoms with Crippen molar-refractivity contribution in [1.82, 2.24) is 9.97 Å². The Morgan fingerprint density at radius 2 is 2.27 bits per heavy atom. The Hall–Kier alpha value is -0.810. The molecule has 1 aliphatic rings. The molecule has 1 aliphatic heterocycles. The molecule has 15 heavy (non-hydrogen) atoms. The van der Waals surface area contributed by atoms with Gasteiger partial charge in [-0.05, 0) is 12.2 Å². The van der Waals surface area contributed by atoms with E-state index in [1.165, 1.54) is 17.9 Å². The lowest BCUT2D eigenvalue weighted by Crippen LogP contribution is -2.32. The summed E-state index contributed by atoms with van der Waals surface area (Å²) in [5.74, 6) is 3.23. The van der Waals surface area contributed by atoms with E-state index in [9.17, 15) is 0 Å². The Bertz CT molecular complexity index is 308. The third kappa shape index (κ3) is 2.41. The summed E-state index contributed by atoms with van der Waals surface area (Å²) in [4.78, 5) is 10.8. The molecule has 0 bridgehead atoms. The normalized spacial score (nSPS) is 20.5. The van der Waals surface area contributed by atoms with E-state index >= 15 is 0 Å². The maximum Gasteiger partial charge on any atom is 0.225 e. The van der Waals surface area contributed by atoms with Crippen LogP contribution in [0.1, 0.15) is 12.0 Å². The van der Waals surface area contributed by atoms with Crippen LogP contribution in [-0.4, -0.2) is 34.6 Å². The molecule has 0 spiro atoms. The van der Waals surface area contributed by atoms with Gasteiger partial charge in [-0.15, -0.1) is 0 Å². The fourth-order valence-corrected chi connectivity index (χ4v) is 2.89. The zero-order valence-corrected chi connectivity index (χ0v) is 9.70. The van der Waals surface area contributed by atoms with E-state index in [1.54, 1.807) is 12.4 Å². The summed E-state index contributed by atoms with van der Waals surface area (Å²) in [6.45, 7) is 0.503. The van der Waals surface area contributed by atoms with Gasteiger partial charge in [-0.2, -0.15) is 11.8 Å². The summed E-state index contributed by atoms with van der Waals surface area (Å²) in [7, 11) is 2.06. The lowest BCUT2D eigenvalue weighted by molar-refractivity contribution is 0.680. The third-order valence-electron chi connectivity index (χ3n) is 2.70. The number of nitrogens with two attached hydrogens (primary N) is 1. The van der Waals surface area contributed by atoms with Gasteiger partial charge in [0.1, 0.15) is 0 Å². The van der Waals surface area contributed by atoms with Crippen LogP contribution in [0, 0.1) is 0 Å². The first-order valence-electron chi connectivity index (χ1n) is 5.13. The van der Waals surface area contributed by atoms with Crippen molar-refractivity contribution in [1.29, 1.82) is 0 Å². The van der Waals surface area contributed by atoms with Crippen molar-refractivity contribution in [3.05, 3.63) is 18.0 Å². The van der Waals surface area contributed by atoms with Crippen molar-refractivity contribution in [2.75, 3.05) is 23.5 Å². The highest BCUT2D eigenvalue weighted by Gasteiger charge is 2.21. The van der Waals surface area contributed by atoms with E-state index in [0.29, 0.717) is 12.6 Å². The summed E-state index contributed by atoms with van der Waals surface area (Å²) < 4.78 is 0. The van der Waals surface area contributed by atoms with Crippen LogP contribution < -0.4 is 10.6 Å². The number of hydrogen-bond acceptors (Lipinski definition) is 5. The lowest BCUT2D eigenvalue weighted by Gasteiger charge is -2.23. The zero-order chi connectivity index (χ0) is 10.7. The van der Waals surface area contributed by atoms with Gasteiger partial charge in [0.25, 0.3) is 0 Å². The number of thioether (sulfide) groups is 1. The van der Waals surface area contributed by atoms with Crippen LogP contribution in [0.2, 0.25) is 0 Å². The number of nitrogens with zero attached hydrogens (tertiary/aromatic N) is 3. The van der Waals surface area contributed by atoms with Gasteiger partial charge in [0.2, 0.25) is 5.95 Å². The SMILES string of the molecule is CN(c1ncc(CN)cn1)C1CCSC1. The molecule has 1 aromatic rings. The molecule has 1 aromatic heterocycles. The molecule has 0 saturated carbocycles. The molecule has 2 N–H and O–H groups in total. The van der Waals surface area contributed by atoms with Gasteiger partial charge < -0.3 is 10.6 Å². The molecule has 0 aromatic carbocycles. The smallest absolute Gasteiger partial charge is 0.225 e. The predicted octanol–water partition coefficient (Wildman–Crippen LogP) is 0.877. The fraction of sp³-hybridized carbons (Fsp3) is 0.600. The van der Waals surface area contributed by atoms with Gasteiger partial charge in [0.05, 0.1) is 0 Å². The second-order valence-electron chi connectivity index (χ2n) is 3.72. The highest BCUT2D eigenvalue weighted by atomic mass is 32.2. The molecular weight excluding hydrogens is 208 g/mol. The van der Waals surface area contributed by atoms with E-state index in [2.05, 4.69) is 21.9 Å². The third-order valence-corrected chi connectivity index (χ3v) is 3.84. The second kappa shape index (κ2) is 4.81. The molecule has 2 heterocycles. The Morgan fingerprint density at radius 1 is 1.53 bits per heavy atom. The summed E-state index contributed by atoms with van der Waals surface area (Å²) in [5.41, 5.74) is 6.48. The molecule has 2 rings (SSSR count). The minimum atomic E-state index is 0.503. The lowest BCUT2D eigenvalue weighted by atomic mass is 10.2.